The molecular formula is C16H24N2O2. The van der Waals surface area contributed by atoms with E-state index in [-0.39, 0.29) is 18.1 Å². The molecule has 1 heterocycles. The Bertz CT molecular complexity index is 456. The van der Waals surface area contributed by atoms with Gasteiger partial charge in [0, 0.05) is 6.54 Å². The summed E-state index contributed by atoms with van der Waals surface area (Å²) in [4.78, 5) is 14.3. The minimum absolute atomic E-state index is 0.0258. The average molecular weight is 276 g/mol. The van der Waals surface area contributed by atoms with Crippen molar-refractivity contribution in [2.45, 2.75) is 39.4 Å². The van der Waals surface area contributed by atoms with Crippen LogP contribution in [0.2, 0.25) is 0 Å². The van der Waals surface area contributed by atoms with E-state index in [9.17, 15) is 4.79 Å². The molecule has 2 atom stereocenters. The highest BCUT2D eigenvalue weighted by atomic mass is 16.5. The molecule has 0 radical (unpaired) electrons. The van der Waals surface area contributed by atoms with Crippen LogP contribution in [-0.4, -0.2) is 30.5 Å². The first-order valence-corrected chi connectivity index (χ1v) is 7.27. The van der Waals surface area contributed by atoms with E-state index in [1.54, 1.807) is 7.11 Å². The minimum atomic E-state index is -0.0675. The maximum absolute atomic E-state index is 12.4. The topological polar surface area (TPSA) is 41.6 Å². The van der Waals surface area contributed by atoms with Gasteiger partial charge in [0.05, 0.1) is 13.2 Å². The quantitative estimate of drug-likeness (QED) is 0.898. The largest absolute Gasteiger partial charge is 0.497 e. The first kappa shape index (κ1) is 14.9. The standard InChI is InChI=1S/C16H24N2O2/c1-5-18-15(12-6-8-13(20-4)9-7-12)17-14(16(18)19)10-11(2)3/h6-9,11,14-15,17H,5,10H2,1-4H3. The Morgan fingerprint density at radius 2 is 1.95 bits per heavy atom. The van der Waals surface area contributed by atoms with Gasteiger partial charge in [0.15, 0.2) is 0 Å². The number of ether oxygens (including phenoxy) is 1. The third kappa shape index (κ3) is 2.96. The first-order valence-electron chi connectivity index (χ1n) is 7.27. The lowest BCUT2D eigenvalue weighted by atomic mass is 10.0. The van der Waals surface area contributed by atoms with Crippen molar-refractivity contribution in [1.29, 1.82) is 0 Å². The van der Waals surface area contributed by atoms with E-state index < -0.39 is 0 Å². The van der Waals surface area contributed by atoms with Crippen LogP contribution in [0.3, 0.4) is 0 Å². The molecule has 1 fully saturated rings. The lowest BCUT2D eigenvalue weighted by Crippen LogP contribution is -2.31. The number of carbonyl (C=O) groups is 1. The van der Waals surface area contributed by atoms with Crippen molar-refractivity contribution in [2.24, 2.45) is 5.92 Å². The molecule has 1 aromatic rings. The van der Waals surface area contributed by atoms with E-state index in [1.165, 1.54) is 0 Å². The summed E-state index contributed by atoms with van der Waals surface area (Å²) in [7, 11) is 1.66. The molecule has 1 N–H and O–H groups in total. The maximum atomic E-state index is 12.4. The molecule has 0 saturated carbocycles. The smallest absolute Gasteiger partial charge is 0.241 e. The highest BCUT2D eigenvalue weighted by Crippen LogP contribution is 2.28. The Labute approximate surface area is 121 Å². The van der Waals surface area contributed by atoms with Gasteiger partial charge in [-0.15, -0.1) is 0 Å². The van der Waals surface area contributed by atoms with Gasteiger partial charge in [-0.3, -0.25) is 10.1 Å². The molecule has 2 rings (SSSR count). The van der Waals surface area contributed by atoms with Gasteiger partial charge in [0.2, 0.25) is 5.91 Å². The molecule has 4 heteroatoms. The molecule has 1 saturated heterocycles. The van der Waals surface area contributed by atoms with Gasteiger partial charge in [-0.1, -0.05) is 26.0 Å². The van der Waals surface area contributed by atoms with Crippen LogP contribution in [0.15, 0.2) is 24.3 Å². The predicted octanol–water partition coefficient (Wildman–Crippen LogP) is 2.56. The van der Waals surface area contributed by atoms with Crippen LogP contribution in [0, 0.1) is 5.92 Å². The van der Waals surface area contributed by atoms with E-state index in [2.05, 4.69) is 19.2 Å². The summed E-state index contributed by atoms with van der Waals surface area (Å²) in [6, 6.07) is 7.84. The second kappa shape index (κ2) is 6.27. The molecule has 1 aromatic carbocycles. The molecular weight excluding hydrogens is 252 g/mol. The Balaban J connectivity index is 2.19. The number of hydrogen-bond acceptors (Lipinski definition) is 3. The first-order chi connectivity index (χ1) is 9.56. The number of hydrogen-bond donors (Lipinski definition) is 1. The number of benzene rings is 1. The fraction of sp³-hybridized carbons (Fsp3) is 0.562. The molecule has 0 aromatic heterocycles. The van der Waals surface area contributed by atoms with Gasteiger partial charge in [0.25, 0.3) is 0 Å². The fourth-order valence-corrected chi connectivity index (χ4v) is 2.72. The van der Waals surface area contributed by atoms with Crippen molar-refractivity contribution in [3.8, 4) is 5.75 Å². The summed E-state index contributed by atoms with van der Waals surface area (Å²) in [5.41, 5.74) is 1.10. The van der Waals surface area contributed by atoms with Gasteiger partial charge in [-0.05, 0) is 37.0 Å². The average Bonchev–Trinajstić information content (AvgIpc) is 2.75. The van der Waals surface area contributed by atoms with Crippen molar-refractivity contribution in [1.82, 2.24) is 10.2 Å². The van der Waals surface area contributed by atoms with Crippen LogP contribution in [0.1, 0.15) is 38.9 Å². The second-order valence-electron chi connectivity index (χ2n) is 5.65. The number of amides is 1. The highest BCUT2D eigenvalue weighted by Gasteiger charge is 2.38. The van der Waals surface area contributed by atoms with Crippen LogP contribution in [0.5, 0.6) is 5.75 Å². The second-order valence-corrected chi connectivity index (χ2v) is 5.65. The summed E-state index contributed by atoms with van der Waals surface area (Å²) < 4.78 is 5.18. The number of nitrogens with zero attached hydrogens (tertiary/aromatic N) is 1. The van der Waals surface area contributed by atoms with E-state index in [1.807, 2.05) is 36.1 Å². The predicted molar refractivity (Wildman–Crippen MR) is 79.5 cm³/mol. The van der Waals surface area contributed by atoms with Crippen LogP contribution >= 0.6 is 0 Å². The third-order valence-corrected chi connectivity index (χ3v) is 3.73. The van der Waals surface area contributed by atoms with Crippen LogP contribution < -0.4 is 10.1 Å². The van der Waals surface area contributed by atoms with Gasteiger partial charge < -0.3 is 9.64 Å². The van der Waals surface area contributed by atoms with Gasteiger partial charge in [-0.25, -0.2) is 0 Å². The Morgan fingerprint density at radius 3 is 2.45 bits per heavy atom. The Hall–Kier alpha value is -1.55. The maximum Gasteiger partial charge on any atom is 0.241 e. The molecule has 0 aliphatic carbocycles. The van der Waals surface area contributed by atoms with Crippen LogP contribution in [0.25, 0.3) is 0 Å². The molecule has 0 bridgehead atoms. The zero-order valence-electron chi connectivity index (χ0n) is 12.7. The number of nitrogens with one attached hydrogen (secondary N) is 1. The molecule has 4 nitrogen and oxygen atoms in total. The van der Waals surface area contributed by atoms with Crippen molar-refractivity contribution in [3.63, 3.8) is 0 Å². The number of methoxy groups -OCH3 is 1. The Morgan fingerprint density at radius 1 is 1.30 bits per heavy atom. The lowest BCUT2D eigenvalue weighted by Gasteiger charge is -2.23. The highest BCUT2D eigenvalue weighted by molar-refractivity contribution is 5.84. The van der Waals surface area contributed by atoms with Crippen molar-refractivity contribution in [2.75, 3.05) is 13.7 Å². The summed E-state index contributed by atoms with van der Waals surface area (Å²) in [6.07, 6.45) is 0.851. The van der Waals surface area contributed by atoms with Gasteiger partial charge in [-0.2, -0.15) is 0 Å². The van der Waals surface area contributed by atoms with E-state index in [0.29, 0.717) is 5.92 Å². The van der Waals surface area contributed by atoms with Crippen molar-refractivity contribution >= 4 is 5.91 Å². The summed E-state index contributed by atoms with van der Waals surface area (Å²) in [6.45, 7) is 7.03. The van der Waals surface area contributed by atoms with Crippen LogP contribution in [0.4, 0.5) is 0 Å². The molecule has 2 unspecified atom stereocenters. The zero-order valence-corrected chi connectivity index (χ0v) is 12.7. The lowest BCUT2D eigenvalue weighted by molar-refractivity contribution is -0.130. The Kier molecular flexibility index (Phi) is 4.65. The molecule has 0 spiro atoms. The zero-order chi connectivity index (χ0) is 14.7. The monoisotopic (exact) mass is 276 g/mol. The number of likely N-dealkylation sites (N-methyl/N-ethyl adjacent to an activating group) is 1. The third-order valence-electron chi connectivity index (χ3n) is 3.73. The summed E-state index contributed by atoms with van der Waals surface area (Å²) >= 11 is 0. The normalized spacial score (nSPS) is 22.6. The van der Waals surface area contributed by atoms with Crippen LogP contribution in [-0.2, 0) is 4.79 Å². The summed E-state index contributed by atoms with van der Waals surface area (Å²) in [5, 5.41) is 3.46. The van der Waals surface area contributed by atoms with Crippen molar-refractivity contribution in [3.05, 3.63) is 29.8 Å². The number of rotatable bonds is 5. The van der Waals surface area contributed by atoms with Gasteiger partial charge in [0.1, 0.15) is 11.9 Å². The van der Waals surface area contributed by atoms with E-state index in [0.717, 1.165) is 24.3 Å². The molecule has 20 heavy (non-hydrogen) atoms. The molecule has 1 aliphatic heterocycles. The summed E-state index contributed by atoms with van der Waals surface area (Å²) in [5.74, 6) is 1.55. The van der Waals surface area contributed by atoms with E-state index in [4.69, 9.17) is 4.74 Å². The van der Waals surface area contributed by atoms with Gasteiger partial charge >= 0.3 is 0 Å². The fourth-order valence-electron chi connectivity index (χ4n) is 2.72. The molecule has 110 valence electrons. The van der Waals surface area contributed by atoms with E-state index >= 15 is 0 Å². The minimum Gasteiger partial charge on any atom is -0.497 e. The molecule has 1 amide bonds. The van der Waals surface area contributed by atoms with Crippen molar-refractivity contribution < 1.29 is 9.53 Å². The number of carbonyl (C=O) groups excluding carboxylic acids is 1. The SMILES string of the molecule is CCN1C(=O)C(CC(C)C)NC1c1ccc(OC)cc1. The molecule has 1 aliphatic rings.